The summed E-state index contributed by atoms with van der Waals surface area (Å²) in [6.45, 7) is 1.31. The first-order chi connectivity index (χ1) is 4.95. The van der Waals surface area contributed by atoms with Crippen molar-refractivity contribution < 1.29 is 9.59 Å². The fourth-order valence-electron chi connectivity index (χ4n) is 0.586. The minimum absolute atomic E-state index is 0.0231. The van der Waals surface area contributed by atoms with Gasteiger partial charge in [0, 0.05) is 20.3 Å². The summed E-state index contributed by atoms with van der Waals surface area (Å²) in [4.78, 5) is 22.9. The maximum atomic E-state index is 10.7. The number of carbonyl (C=O) groups is 2. The first kappa shape index (κ1) is 9.68. The Kier molecular flexibility index (Phi) is 3.30. The van der Waals surface area contributed by atoms with Crippen LogP contribution < -0.4 is 5.73 Å². The molecule has 0 saturated carbocycles. The largest absolute Gasteiger partial charge is 0.383 e. The fourth-order valence-corrected chi connectivity index (χ4v) is 0.586. The number of nitrogens with two attached hydrogens (primary N) is 1. The van der Waals surface area contributed by atoms with Crippen molar-refractivity contribution in [3.8, 4) is 0 Å². The Hall–Kier alpha value is -1.32. The van der Waals surface area contributed by atoms with Crippen molar-refractivity contribution in [1.29, 1.82) is 0 Å². The molecule has 0 bridgehead atoms. The second kappa shape index (κ2) is 3.75. The van der Waals surface area contributed by atoms with Crippen LogP contribution in [0.25, 0.3) is 0 Å². The predicted octanol–water partition coefficient (Wildman–Crippen LogP) is -0.494. The number of rotatable bonds is 3. The fraction of sp³-hybridized carbons (Fsp3) is 0.429. The van der Waals surface area contributed by atoms with E-state index in [-0.39, 0.29) is 11.4 Å². The molecule has 62 valence electrons. The third-order valence-corrected chi connectivity index (χ3v) is 1.03. The van der Waals surface area contributed by atoms with Crippen LogP contribution in [0, 0.1) is 0 Å². The van der Waals surface area contributed by atoms with Crippen molar-refractivity contribution in [2.45, 2.75) is 6.92 Å². The molecule has 0 rings (SSSR count). The zero-order chi connectivity index (χ0) is 9.02. The van der Waals surface area contributed by atoms with Crippen molar-refractivity contribution in [3.63, 3.8) is 0 Å². The molecule has 0 heterocycles. The Morgan fingerprint density at radius 2 is 1.82 bits per heavy atom. The highest BCUT2D eigenvalue weighted by molar-refractivity contribution is 6.17. The molecule has 0 radical (unpaired) electrons. The van der Waals surface area contributed by atoms with Crippen molar-refractivity contribution in [2.24, 2.45) is 5.73 Å². The first-order valence-corrected chi connectivity index (χ1v) is 3.14. The van der Waals surface area contributed by atoms with Crippen LogP contribution in [0.2, 0.25) is 0 Å². The van der Waals surface area contributed by atoms with Crippen LogP contribution in [0.3, 0.4) is 0 Å². The number of hydrogen-bond donors (Lipinski definition) is 1. The van der Waals surface area contributed by atoms with Crippen LogP contribution in [-0.2, 0) is 9.59 Å². The molecular weight excluding hydrogens is 144 g/mol. The van der Waals surface area contributed by atoms with Crippen LogP contribution in [0.1, 0.15) is 6.92 Å². The Labute approximate surface area is 65.7 Å². The molecule has 0 aromatic rings. The van der Waals surface area contributed by atoms with Crippen LogP contribution >= 0.6 is 0 Å². The molecule has 0 aliphatic carbocycles. The number of Topliss-reactive ketones (excluding diaryl/α,β-unsaturated/α-hetero) is 1. The Morgan fingerprint density at radius 1 is 1.36 bits per heavy atom. The van der Waals surface area contributed by atoms with Crippen LogP contribution in [-0.4, -0.2) is 30.7 Å². The van der Waals surface area contributed by atoms with E-state index in [2.05, 4.69) is 0 Å². The van der Waals surface area contributed by atoms with Crippen molar-refractivity contribution in [2.75, 3.05) is 14.1 Å². The maximum absolute atomic E-state index is 10.7. The topological polar surface area (TPSA) is 63.4 Å². The van der Waals surface area contributed by atoms with E-state index in [0.29, 0.717) is 0 Å². The van der Waals surface area contributed by atoms with Gasteiger partial charge in [-0.15, -0.1) is 0 Å². The van der Waals surface area contributed by atoms with E-state index in [9.17, 15) is 9.59 Å². The van der Waals surface area contributed by atoms with Gasteiger partial charge in [-0.2, -0.15) is 0 Å². The third-order valence-electron chi connectivity index (χ3n) is 1.03. The lowest BCUT2D eigenvalue weighted by Gasteiger charge is -2.06. The number of amides is 1. The van der Waals surface area contributed by atoms with Gasteiger partial charge in [-0.1, -0.05) is 0 Å². The quantitative estimate of drug-likeness (QED) is 0.340. The second-order valence-electron chi connectivity index (χ2n) is 2.43. The van der Waals surface area contributed by atoms with E-state index < -0.39 is 5.91 Å². The van der Waals surface area contributed by atoms with Crippen molar-refractivity contribution in [1.82, 2.24) is 4.90 Å². The SMILES string of the molecule is CC(=O)/C(=C\N(C)C)C(N)=O. The number of carbonyl (C=O) groups excluding carboxylic acids is 2. The predicted molar refractivity (Wildman–Crippen MR) is 41.6 cm³/mol. The minimum Gasteiger partial charge on any atom is -0.383 e. The highest BCUT2D eigenvalue weighted by Crippen LogP contribution is 1.95. The smallest absolute Gasteiger partial charge is 0.253 e. The number of ketones is 1. The summed E-state index contributed by atoms with van der Waals surface area (Å²) < 4.78 is 0. The monoisotopic (exact) mass is 156 g/mol. The standard InChI is InChI=1S/C7H12N2O2/c1-5(10)6(7(8)11)4-9(2)3/h4H,1-3H3,(H2,8,11)/b6-4+. The number of nitrogens with zero attached hydrogens (tertiary/aromatic N) is 1. The van der Waals surface area contributed by atoms with Gasteiger partial charge in [-0.3, -0.25) is 9.59 Å². The molecule has 4 nitrogen and oxygen atoms in total. The lowest BCUT2D eigenvalue weighted by atomic mass is 10.2. The van der Waals surface area contributed by atoms with Gasteiger partial charge in [0.05, 0.1) is 5.57 Å². The molecule has 0 unspecified atom stereocenters. The van der Waals surface area contributed by atoms with E-state index in [1.54, 1.807) is 19.0 Å². The normalized spacial score (nSPS) is 11.0. The molecule has 0 fully saturated rings. The van der Waals surface area contributed by atoms with E-state index in [4.69, 9.17) is 5.73 Å². The van der Waals surface area contributed by atoms with E-state index in [1.165, 1.54) is 13.1 Å². The van der Waals surface area contributed by atoms with Gasteiger partial charge in [0.25, 0.3) is 5.91 Å². The minimum atomic E-state index is -0.689. The van der Waals surface area contributed by atoms with Gasteiger partial charge < -0.3 is 10.6 Å². The van der Waals surface area contributed by atoms with E-state index in [0.717, 1.165) is 0 Å². The highest BCUT2D eigenvalue weighted by Gasteiger charge is 2.09. The van der Waals surface area contributed by atoms with Gasteiger partial charge in [-0.05, 0) is 6.92 Å². The van der Waals surface area contributed by atoms with Gasteiger partial charge in [0.2, 0.25) is 0 Å². The molecule has 1 amide bonds. The van der Waals surface area contributed by atoms with E-state index in [1.807, 2.05) is 0 Å². The molecule has 0 atom stereocenters. The molecular formula is C7H12N2O2. The second-order valence-corrected chi connectivity index (χ2v) is 2.43. The number of hydrogen-bond acceptors (Lipinski definition) is 3. The third kappa shape index (κ3) is 3.40. The summed E-state index contributed by atoms with van der Waals surface area (Å²) in [5, 5.41) is 0. The lowest BCUT2D eigenvalue weighted by molar-refractivity contribution is -0.119. The zero-order valence-electron chi connectivity index (χ0n) is 6.92. The summed E-state index contributed by atoms with van der Waals surface area (Å²) >= 11 is 0. The summed E-state index contributed by atoms with van der Waals surface area (Å²) in [5.74, 6) is -1.00. The summed E-state index contributed by atoms with van der Waals surface area (Å²) in [7, 11) is 3.43. The summed E-state index contributed by atoms with van der Waals surface area (Å²) in [6.07, 6.45) is 1.41. The van der Waals surface area contributed by atoms with Crippen LogP contribution in [0.4, 0.5) is 0 Å². The van der Waals surface area contributed by atoms with Gasteiger partial charge in [0.15, 0.2) is 5.78 Å². The summed E-state index contributed by atoms with van der Waals surface area (Å²) in [5.41, 5.74) is 4.95. The number of primary amides is 1. The zero-order valence-corrected chi connectivity index (χ0v) is 6.92. The average molecular weight is 156 g/mol. The molecule has 0 saturated heterocycles. The van der Waals surface area contributed by atoms with Crippen LogP contribution in [0.5, 0.6) is 0 Å². The van der Waals surface area contributed by atoms with Gasteiger partial charge in [0.1, 0.15) is 0 Å². The Balaban J connectivity index is 4.60. The van der Waals surface area contributed by atoms with Crippen molar-refractivity contribution >= 4 is 11.7 Å². The lowest BCUT2D eigenvalue weighted by Crippen LogP contribution is -2.21. The Bertz CT molecular complexity index is 190. The van der Waals surface area contributed by atoms with Crippen molar-refractivity contribution in [3.05, 3.63) is 11.8 Å². The molecule has 2 N–H and O–H groups in total. The molecule has 4 heteroatoms. The van der Waals surface area contributed by atoms with Crippen LogP contribution in [0.15, 0.2) is 11.8 Å². The molecule has 0 aliphatic rings. The summed E-state index contributed by atoms with van der Waals surface area (Å²) in [6, 6.07) is 0. The highest BCUT2D eigenvalue weighted by atomic mass is 16.2. The Morgan fingerprint density at radius 3 is 1.91 bits per heavy atom. The average Bonchev–Trinajstić information content (AvgIpc) is 1.81. The first-order valence-electron chi connectivity index (χ1n) is 3.14. The molecule has 11 heavy (non-hydrogen) atoms. The molecule has 0 aromatic heterocycles. The maximum Gasteiger partial charge on any atom is 0.253 e. The van der Waals surface area contributed by atoms with Gasteiger partial charge >= 0.3 is 0 Å². The molecule has 0 spiro atoms. The van der Waals surface area contributed by atoms with E-state index >= 15 is 0 Å². The molecule has 0 aliphatic heterocycles. The van der Waals surface area contributed by atoms with Gasteiger partial charge in [-0.25, -0.2) is 0 Å². The molecule has 0 aromatic carbocycles.